The zero-order chi connectivity index (χ0) is 17.4. The molecular weight excluding hydrogens is 292 g/mol. The van der Waals surface area contributed by atoms with Crippen molar-refractivity contribution in [1.82, 2.24) is 10.6 Å². The maximum atomic E-state index is 3.63. The topological polar surface area (TPSA) is 24.1 Å². The van der Waals surface area contributed by atoms with Crippen molar-refractivity contribution in [2.45, 2.75) is 58.7 Å². The Bertz CT molecular complexity index is 575. The lowest BCUT2D eigenvalue weighted by Gasteiger charge is -2.18. The summed E-state index contributed by atoms with van der Waals surface area (Å²) in [6.45, 7) is 9.89. The Morgan fingerprint density at radius 1 is 0.792 bits per heavy atom. The summed E-state index contributed by atoms with van der Waals surface area (Å²) < 4.78 is 0. The monoisotopic (exact) mass is 324 g/mol. The molecule has 2 nitrogen and oxygen atoms in total. The van der Waals surface area contributed by atoms with Crippen LogP contribution in [0.1, 0.15) is 50.4 Å². The predicted molar refractivity (Wildman–Crippen MR) is 104 cm³/mol. The molecule has 0 aromatic heterocycles. The van der Waals surface area contributed by atoms with Gasteiger partial charge in [0.05, 0.1) is 0 Å². The van der Waals surface area contributed by atoms with Gasteiger partial charge in [-0.2, -0.15) is 0 Å². The van der Waals surface area contributed by atoms with Crippen LogP contribution in [0.25, 0.3) is 0 Å². The molecule has 0 aliphatic rings. The van der Waals surface area contributed by atoms with E-state index in [1.54, 1.807) is 0 Å². The van der Waals surface area contributed by atoms with Crippen molar-refractivity contribution in [3.63, 3.8) is 0 Å². The molecular formula is C22H32N2. The smallest absolute Gasteiger partial charge is 0.0294 e. The number of hydrogen-bond donors (Lipinski definition) is 2. The molecule has 0 aliphatic carbocycles. The first kappa shape index (κ1) is 18.7. The van der Waals surface area contributed by atoms with Gasteiger partial charge in [-0.05, 0) is 49.9 Å². The van der Waals surface area contributed by atoms with Crippen LogP contribution in [0, 0.1) is 0 Å². The third-order valence-electron chi connectivity index (χ3n) is 4.35. The van der Waals surface area contributed by atoms with Crippen LogP contribution in [0.2, 0.25) is 0 Å². The normalized spacial score (nSPS) is 13.9. The van der Waals surface area contributed by atoms with E-state index in [1.807, 2.05) is 0 Å². The average Bonchev–Trinajstić information content (AvgIpc) is 2.56. The van der Waals surface area contributed by atoms with E-state index in [-0.39, 0.29) is 0 Å². The average molecular weight is 325 g/mol. The lowest BCUT2D eigenvalue weighted by atomic mass is 10.0. The highest BCUT2D eigenvalue weighted by molar-refractivity contribution is 5.25. The molecule has 0 saturated carbocycles. The second-order valence-corrected chi connectivity index (χ2v) is 7.08. The number of benzene rings is 2. The summed E-state index contributed by atoms with van der Waals surface area (Å²) >= 11 is 0. The highest BCUT2D eigenvalue weighted by Gasteiger charge is 2.07. The lowest BCUT2D eigenvalue weighted by Crippen LogP contribution is -2.30. The molecule has 2 N–H and O–H groups in total. The van der Waals surface area contributed by atoms with Crippen LogP contribution >= 0.6 is 0 Å². The van der Waals surface area contributed by atoms with E-state index in [0.717, 1.165) is 19.4 Å². The molecule has 2 rings (SSSR count). The molecule has 130 valence electrons. The lowest BCUT2D eigenvalue weighted by molar-refractivity contribution is 0.506. The summed E-state index contributed by atoms with van der Waals surface area (Å²) in [4.78, 5) is 0. The second-order valence-electron chi connectivity index (χ2n) is 7.08. The predicted octanol–water partition coefficient (Wildman–Crippen LogP) is 4.51. The molecule has 2 atom stereocenters. The van der Waals surface area contributed by atoms with Crippen molar-refractivity contribution >= 4 is 0 Å². The molecule has 0 radical (unpaired) electrons. The van der Waals surface area contributed by atoms with Crippen molar-refractivity contribution in [3.8, 4) is 0 Å². The highest BCUT2D eigenvalue weighted by atomic mass is 14.9. The fraction of sp³-hybridized carbons (Fsp3) is 0.455. The molecule has 0 aliphatic heterocycles. The van der Waals surface area contributed by atoms with E-state index in [2.05, 4.69) is 92.9 Å². The van der Waals surface area contributed by atoms with E-state index in [4.69, 9.17) is 0 Å². The van der Waals surface area contributed by atoms with E-state index >= 15 is 0 Å². The SMILES string of the molecule is CC(C)NC(C)c1ccc(CC(C)NCCc2ccccc2)cc1. The minimum atomic E-state index is 0.403. The van der Waals surface area contributed by atoms with Crippen molar-refractivity contribution in [2.24, 2.45) is 0 Å². The van der Waals surface area contributed by atoms with Crippen LogP contribution in [-0.4, -0.2) is 18.6 Å². The molecule has 2 aromatic rings. The van der Waals surface area contributed by atoms with Crippen LogP contribution in [0.15, 0.2) is 54.6 Å². The van der Waals surface area contributed by atoms with Gasteiger partial charge in [0, 0.05) is 18.1 Å². The van der Waals surface area contributed by atoms with Gasteiger partial charge in [0.1, 0.15) is 0 Å². The minimum absolute atomic E-state index is 0.403. The Labute approximate surface area is 147 Å². The van der Waals surface area contributed by atoms with Gasteiger partial charge >= 0.3 is 0 Å². The molecule has 0 spiro atoms. The quantitative estimate of drug-likeness (QED) is 0.709. The number of nitrogens with one attached hydrogen (secondary N) is 2. The van der Waals surface area contributed by atoms with Crippen LogP contribution < -0.4 is 10.6 Å². The van der Waals surface area contributed by atoms with E-state index in [0.29, 0.717) is 18.1 Å². The molecule has 0 fully saturated rings. The minimum Gasteiger partial charge on any atom is -0.314 e. The summed E-state index contributed by atoms with van der Waals surface area (Å²) in [5, 5.41) is 7.18. The summed E-state index contributed by atoms with van der Waals surface area (Å²) in [5.41, 5.74) is 4.15. The fourth-order valence-electron chi connectivity index (χ4n) is 3.07. The van der Waals surface area contributed by atoms with Crippen LogP contribution in [0.4, 0.5) is 0 Å². The first-order valence-corrected chi connectivity index (χ1v) is 9.17. The van der Waals surface area contributed by atoms with Crippen LogP contribution in [0.3, 0.4) is 0 Å². The summed E-state index contributed by atoms with van der Waals surface area (Å²) in [6.07, 6.45) is 2.16. The van der Waals surface area contributed by atoms with Gasteiger partial charge in [0.2, 0.25) is 0 Å². The molecule has 0 bridgehead atoms. The zero-order valence-electron chi connectivity index (χ0n) is 15.5. The van der Waals surface area contributed by atoms with Gasteiger partial charge in [0.15, 0.2) is 0 Å². The zero-order valence-corrected chi connectivity index (χ0v) is 15.5. The molecule has 24 heavy (non-hydrogen) atoms. The Hall–Kier alpha value is -1.64. The molecule has 2 unspecified atom stereocenters. The van der Waals surface area contributed by atoms with Gasteiger partial charge in [-0.1, -0.05) is 68.4 Å². The maximum Gasteiger partial charge on any atom is 0.0294 e. The van der Waals surface area contributed by atoms with Crippen molar-refractivity contribution in [1.29, 1.82) is 0 Å². The van der Waals surface area contributed by atoms with Gasteiger partial charge in [0.25, 0.3) is 0 Å². The van der Waals surface area contributed by atoms with Gasteiger partial charge < -0.3 is 10.6 Å². The van der Waals surface area contributed by atoms with Gasteiger partial charge in [-0.15, -0.1) is 0 Å². The Morgan fingerprint density at radius 3 is 2.08 bits per heavy atom. The number of rotatable bonds is 9. The highest BCUT2D eigenvalue weighted by Crippen LogP contribution is 2.15. The summed E-state index contributed by atoms with van der Waals surface area (Å²) in [7, 11) is 0. The summed E-state index contributed by atoms with van der Waals surface area (Å²) in [6, 6.07) is 21.1. The fourth-order valence-corrected chi connectivity index (χ4v) is 3.07. The second kappa shape index (κ2) is 9.61. The van der Waals surface area contributed by atoms with E-state index in [9.17, 15) is 0 Å². The van der Waals surface area contributed by atoms with Gasteiger partial charge in [-0.25, -0.2) is 0 Å². The van der Waals surface area contributed by atoms with Gasteiger partial charge in [-0.3, -0.25) is 0 Å². The first-order chi connectivity index (χ1) is 11.5. The molecule has 0 heterocycles. The van der Waals surface area contributed by atoms with Crippen molar-refractivity contribution < 1.29 is 0 Å². The molecule has 0 saturated heterocycles. The standard InChI is InChI=1S/C22H32N2/c1-17(2)24-19(4)22-12-10-21(11-13-22)16-18(3)23-15-14-20-8-6-5-7-9-20/h5-13,17-19,23-24H,14-16H2,1-4H3. The van der Waals surface area contributed by atoms with Crippen molar-refractivity contribution in [3.05, 3.63) is 71.3 Å². The largest absolute Gasteiger partial charge is 0.314 e. The van der Waals surface area contributed by atoms with E-state index in [1.165, 1.54) is 16.7 Å². The Morgan fingerprint density at radius 2 is 1.46 bits per heavy atom. The van der Waals surface area contributed by atoms with Crippen LogP contribution in [-0.2, 0) is 12.8 Å². The third kappa shape index (κ3) is 6.46. The first-order valence-electron chi connectivity index (χ1n) is 9.17. The molecule has 2 aromatic carbocycles. The van der Waals surface area contributed by atoms with Crippen molar-refractivity contribution in [2.75, 3.05) is 6.54 Å². The Kier molecular flexibility index (Phi) is 7.48. The number of hydrogen-bond acceptors (Lipinski definition) is 2. The Balaban J connectivity index is 1.76. The molecule has 0 amide bonds. The summed E-state index contributed by atoms with van der Waals surface area (Å²) in [5.74, 6) is 0. The maximum absolute atomic E-state index is 3.63. The van der Waals surface area contributed by atoms with E-state index < -0.39 is 0 Å². The third-order valence-corrected chi connectivity index (χ3v) is 4.35. The van der Waals surface area contributed by atoms with Crippen LogP contribution in [0.5, 0.6) is 0 Å². The molecule has 2 heteroatoms.